The maximum absolute atomic E-state index is 12.0. The average molecular weight is 363 g/mol. The molecule has 2 aliphatic rings. The number of benzene rings is 1. The van der Waals surface area contributed by atoms with Crippen LogP contribution in [0.2, 0.25) is 0 Å². The first kappa shape index (κ1) is 21.3. The first-order valence-electron chi connectivity index (χ1n) is 8.35. The number of phenols is 1. The maximum Gasteiger partial charge on any atom is 0.252 e. The quantitative estimate of drug-likeness (QED) is 0.566. The van der Waals surface area contributed by atoms with E-state index in [9.17, 15) is 19.5 Å². The van der Waals surface area contributed by atoms with E-state index in [4.69, 9.17) is 10.5 Å². The Hall–Kier alpha value is -2.74. The van der Waals surface area contributed by atoms with Gasteiger partial charge in [0.25, 0.3) is 5.91 Å². The summed E-state index contributed by atoms with van der Waals surface area (Å²) in [6.45, 7) is 3.73. The van der Waals surface area contributed by atoms with Gasteiger partial charge in [0.15, 0.2) is 0 Å². The highest BCUT2D eigenvalue weighted by Gasteiger charge is 2.28. The van der Waals surface area contributed by atoms with Gasteiger partial charge in [-0.15, -0.1) is 0 Å². The maximum atomic E-state index is 12.0. The van der Waals surface area contributed by atoms with Crippen molar-refractivity contribution in [3.63, 3.8) is 0 Å². The second-order valence-corrected chi connectivity index (χ2v) is 6.17. The number of carbonyl (C=O) groups is 4. The minimum Gasteiger partial charge on any atom is -0.508 e. The molecule has 1 aliphatic carbocycles. The topological polar surface area (TPSA) is 139 Å². The van der Waals surface area contributed by atoms with Crippen molar-refractivity contribution >= 4 is 24.5 Å². The Balaban J connectivity index is 0.000000408. The summed E-state index contributed by atoms with van der Waals surface area (Å²) in [5.74, 6) is -1.28. The van der Waals surface area contributed by atoms with Crippen LogP contribution >= 0.6 is 0 Å². The molecule has 1 aliphatic heterocycles. The molecule has 3 rings (SSSR count). The number of imide groups is 1. The molecule has 8 nitrogen and oxygen atoms in total. The van der Waals surface area contributed by atoms with Crippen LogP contribution < -0.4 is 16.4 Å². The predicted octanol–water partition coefficient (Wildman–Crippen LogP) is 0.548. The molecular formula is C18H25N3O5. The number of rotatable bonds is 2. The van der Waals surface area contributed by atoms with E-state index < -0.39 is 17.9 Å². The molecule has 5 N–H and O–H groups in total. The zero-order valence-electron chi connectivity index (χ0n) is 14.8. The normalized spacial score (nSPS) is 18.9. The fraction of sp³-hybridized carbons (Fsp3) is 0.444. The molecule has 8 heteroatoms. The third-order valence-electron chi connectivity index (χ3n) is 4.16. The first-order valence-corrected chi connectivity index (χ1v) is 8.35. The largest absolute Gasteiger partial charge is 0.508 e. The lowest BCUT2D eigenvalue weighted by Gasteiger charge is -2.22. The Labute approximate surface area is 152 Å². The second kappa shape index (κ2) is 10.3. The van der Waals surface area contributed by atoms with Gasteiger partial charge in [0.1, 0.15) is 18.6 Å². The molecular weight excluding hydrogens is 338 g/mol. The summed E-state index contributed by atoms with van der Waals surface area (Å²) < 4.78 is 0. The lowest BCUT2D eigenvalue weighted by atomic mass is 9.95. The molecule has 1 saturated carbocycles. The summed E-state index contributed by atoms with van der Waals surface area (Å²) in [5.41, 5.74) is 6.39. The third-order valence-corrected chi connectivity index (χ3v) is 4.16. The number of aromatic hydroxyl groups is 1. The van der Waals surface area contributed by atoms with Crippen LogP contribution in [0.5, 0.6) is 5.75 Å². The highest BCUT2D eigenvalue weighted by molar-refractivity contribution is 6.04. The van der Waals surface area contributed by atoms with E-state index in [1.807, 2.05) is 6.79 Å². The van der Waals surface area contributed by atoms with E-state index >= 15 is 0 Å². The lowest BCUT2D eigenvalue weighted by Crippen LogP contribution is -2.52. The number of aryl methyl sites for hydroxylation is 1. The van der Waals surface area contributed by atoms with E-state index in [0.717, 1.165) is 0 Å². The van der Waals surface area contributed by atoms with Crippen molar-refractivity contribution in [2.45, 2.75) is 51.1 Å². The van der Waals surface area contributed by atoms with Crippen LogP contribution in [0, 0.1) is 6.92 Å². The van der Waals surface area contributed by atoms with Crippen molar-refractivity contribution in [3.05, 3.63) is 29.3 Å². The van der Waals surface area contributed by atoms with E-state index in [2.05, 4.69) is 10.6 Å². The van der Waals surface area contributed by atoms with Gasteiger partial charge in [-0.05, 0) is 43.9 Å². The molecule has 0 radical (unpaired) electrons. The SMILES string of the molecule is C=O.Cc1ccc(O)cc1C(=O)NC1CCC(=O)NC1=O.NC1CCC1. The van der Waals surface area contributed by atoms with Crippen LogP contribution in [0.3, 0.4) is 0 Å². The minimum atomic E-state index is -0.716. The van der Waals surface area contributed by atoms with E-state index in [0.29, 0.717) is 17.2 Å². The number of amides is 3. The predicted molar refractivity (Wildman–Crippen MR) is 95.4 cm³/mol. The molecule has 1 aromatic carbocycles. The molecule has 142 valence electrons. The average Bonchev–Trinajstić information content (AvgIpc) is 2.60. The van der Waals surface area contributed by atoms with Crippen molar-refractivity contribution in [2.24, 2.45) is 5.73 Å². The Morgan fingerprint density at radius 3 is 2.38 bits per heavy atom. The molecule has 0 bridgehead atoms. The van der Waals surface area contributed by atoms with Gasteiger partial charge in [-0.2, -0.15) is 0 Å². The lowest BCUT2D eigenvalue weighted by molar-refractivity contribution is -0.134. The molecule has 3 amide bonds. The third kappa shape index (κ3) is 6.29. The van der Waals surface area contributed by atoms with Crippen LogP contribution in [0.4, 0.5) is 0 Å². The van der Waals surface area contributed by atoms with Gasteiger partial charge in [-0.3, -0.25) is 19.7 Å². The second-order valence-electron chi connectivity index (χ2n) is 6.17. The van der Waals surface area contributed by atoms with Crippen molar-refractivity contribution in [1.82, 2.24) is 10.6 Å². The van der Waals surface area contributed by atoms with Crippen LogP contribution in [0.25, 0.3) is 0 Å². The summed E-state index contributed by atoms with van der Waals surface area (Å²) in [7, 11) is 0. The van der Waals surface area contributed by atoms with Crippen molar-refractivity contribution in [1.29, 1.82) is 0 Å². The molecule has 1 heterocycles. The van der Waals surface area contributed by atoms with Crippen molar-refractivity contribution in [2.75, 3.05) is 0 Å². The number of nitrogens with two attached hydrogens (primary N) is 1. The zero-order chi connectivity index (χ0) is 19.7. The first-order chi connectivity index (χ1) is 12.4. The summed E-state index contributed by atoms with van der Waals surface area (Å²) in [6, 6.07) is 4.30. The fourth-order valence-corrected chi connectivity index (χ4v) is 2.36. The Morgan fingerprint density at radius 2 is 1.88 bits per heavy atom. The number of phenolic OH excluding ortho intramolecular Hbond substituents is 1. The van der Waals surface area contributed by atoms with Gasteiger partial charge in [0, 0.05) is 18.0 Å². The smallest absolute Gasteiger partial charge is 0.252 e. The zero-order valence-corrected chi connectivity index (χ0v) is 14.8. The standard InChI is InChI=1S/C13H14N2O4.C4H9N.CH2O/c1-7-2-3-8(16)6-9(7)12(18)14-10-4-5-11(17)15-13(10)19;5-4-2-1-3-4;1-2/h2-3,6,10,16H,4-5H2,1H3,(H,14,18)(H,15,17,19);4H,1-3,5H2;1H2. The van der Waals surface area contributed by atoms with Gasteiger partial charge in [-0.1, -0.05) is 12.5 Å². The molecule has 1 unspecified atom stereocenters. The van der Waals surface area contributed by atoms with Crippen molar-refractivity contribution < 1.29 is 24.3 Å². The van der Waals surface area contributed by atoms with Gasteiger partial charge >= 0.3 is 0 Å². The molecule has 26 heavy (non-hydrogen) atoms. The van der Waals surface area contributed by atoms with Crippen LogP contribution in [0.1, 0.15) is 48.0 Å². The van der Waals surface area contributed by atoms with E-state index in [-0.39, 0.29) is 24.5 Å². The number of nitrogens with one attached hydrogen (secondary N) is 2. The number of hydrogen-bond donors (Lipinski definition) is 4. The van der Waals surface area contributed by atoms with Crippen LogP contribution in [-0.2, 0) is 14.4 Å². The summed E-state index contributed by atoms with van der Waals surface area (Å²) >= 11 is 0. The molecule has 2 fully saturated rings. The minimum absolute atomic E-state index is 0.0148. The number of piperidine rings is 1. The molecule has 1 saturated heterocycles. The van der Waals surface area contributed by atoms with Gasteiger partial charge in [0.2, 0.25) is 11.8 Å². The molecule has 1 atom stereocenters. The van der Waals surface area contributed by atoms with Crippen molar-refractivity contribution in [3.8, 4) is 5.75 Å². The van der Waals surface area contributed by atoms with E-state index in [1.54, 1.807) is 13.0 Å². The van der Waals surface area contributed by atoms with Gasteiger partial charge in [0.05, 0.1) is 0 Å². The summed E-state index contributed by atoms with van der Waals surface area (Å²) in [5, 5.41) is 14.1. The van der Waals surface area contributed by atoms with Crippen LogP contribution in [-0.4, -0.2) is 41.7 Å². The molecule has 0 spiro atoms. The summed E-state index contributed by atoms with van der Waals surface area (Å²) in [6.07, 6.45) is 4.38. The fourth-order valence-electron chi connectivity index (χ4n) is 2.36. The van der Waals surface area contributed by atoms with Gasteiger partial charge < -0.3 is 21.0 Å². The molecule has 1 aromatic rings. The molecule has 0 aromatic heterocycles. The highest BCUT2D eigenvalue weighted by Crippen LogP contribution is 2.16. The van der Waals surface area contributed by atoms with Gasteiger partial charge in [-0.25, -0.2) is 0 Å². The monoisotopic (exact) mass is 363 g/mol. The Kier molecular flexibility index (Phi) is 8.44. The highest BCUT2D eigenvalue weighted by atomic mass is 16.3. The number of hydrogen-bond acceptors (Lipinski definition) is 6. The Morgan fingerprint density at radius 1 is 1.27 bits per heavy atom. The number of carbonyl (C=O) groups excluding carboxylic acids is 4. The summed E-state index contributed by atoms with van der Waals surface area (Å²) in [4.78, 5) is 42.5. The van der Waals surface area contributed by atoms with Crippen LogP contribution in [0.15, 0.2) is 18.2 Å². The van der Waals surface area contributed by atoms with E-state index in [1.165, 1.54) is 31.4 Å². The Bertz CT molecular complexity index is 658.